The standard InChI is InChI=1S/C13H20O3/c1-3-7-13(8-4-1)15-10-12(16-13)11-6-2-5-9-14-11/h5,9,11-12H,1-4,6-8,10H2/t11-,12-/m1/s1. The Labute approximate surface area is 96.8 Å². The van der Waals surface area contributed by atoms with Gasteiger partial charge in [-0.2, -0.15) is 0 Å². The molecule has 3 heteroatoms. The van der Waals surface area contributed by atoms with Crippen molar-refractivity contribution in [2.24, 2.45) is 0 Å². The van der Waals surface area contributed by atoms with Crippen molar-refractivity contribution >= 4 is 0 Å². The molecule has 2 aliphatic heterocycles. The summed E-state index contributed by atoms with van der Waals surface area (Å²) in [4.78, 5) is 0. The third-order valence-corrected chi connectivity index (χ3v) is 3.87. The molecule has 16 heavy (non-hydrogen) atoms. The first-order chi connectivity index (χ1) is 7.88. The summed E-state index contributed by atoms with van der Waals surface area (Å²) in [5.74, 6) is -0.257. The van der Waals surface area contributed by atoms with E-state index in [9.17, 15) is 0 Å². The summed E-state index contributed by atoms with van der Waals surface area (Å²) < 4.78 is 17.7. The van der Waals surface area contributed by atoms with Gasteiger partial charge in [0.25, 0.3) is 0 Å². The molecule has 3 rings (SSSR count). The average Bonchev–Trinajstić information content (AvgIpc) is 2.75. The number of hydrogen-bond acceptors (Lipinski definition) is 3. The van der Waals surface area contributed by atoms with E-state index in [-0.39, 0.29) is 18.0 Å². The van der Waals surface area contributed by atoms with Crippen molar-refractivity contribution in [3.8, 4) is 0 Å². The van der Waals surface area contributed by atoms with Crippen molar-refractivity contribution in [3.05, 3.63) is 12.3 Å². The van der Waals surface area contributed by atoms with Gasteiger partial charge in [0, 0.05) is 12.8 Å². The Balaban J connectivity index is 1.61. The van der Waals surface area contributed by atoms with Crippen LogP contribution in [0.1, 0.15) is 44.9 Å². The Morgan fingerprint density at radius 1 is 1.06 bits per heavy atom. The van der Waals surface area contributed by atoms with Crippen molar-refractivity contribution in [1.82, 2.24) is 0 Å². The van der Waals surface area contributed by atoms with Gasteiger partial charge in [0.2, 0.25) is 0 Å². The van der Waals surface area contributed by atoms with Crippen LogP contribution in [0.25, 0.3) is 0 Å². The number of allylic oxidation sites excluding steroid dienone is 1. The molecule has 0 aromatic rings. The van der Waals surface area contributed by atoms with Crippen molar-refractivity contribution < 1.29 is 14.2 Å². The summed E-state index contributed by atoms with van der Waals surface area (Å²) in [6, 6.07) is 0. The van der Waals surface area contributed by atoms with Crippen molar-refractivity contribution in [3.63, 3.8) is 0 Å². The maximum Gasteiger partial charge on any atom is 0.169 e. The van der Waals surface area contributed by atoms with Crippen LogP contribution in [0.3, 0.4) is 0 Å². The molecule has 3 aliphatic rings. The maximum absolute atomic E-state index is 6.15. The highest BCUT2D eigenvalue weighted by Gasteiger charge is 2.45. The van der Waals surface area contributed by atoms with Crippen molar-refractivity contribution in [2.45, 2.75) is 62.9 Å². The van der Waals surface area contributed by atoms with Crippen LogP contribution >= 0.6 is 0 Å². The first kappa shape index (κ1) is 10.6. The largest absolute Gasteiger partial charge is 0.496 e. The SMILES string of the molecule is C1=CO[C@@H]([C@H]2COC3(CCCCC3)O2)CC1. The predicted molar refractivity (Wildman–Crippen MR) is 59.9 cm³/mol. The van der Waals surface area contributed by atoms with Crippen LogP contribution in [0.5, 0.6) is 0 Å². The van der Waals surface area contributed by atoms with E-state index in [1.54, 1.807) is 0 Å². The van der Waals surface area contributed by atoms with E-state index >= 15 is 0 Å². The number of hydrogen-bond donors (Lipinski definition) is 0. The normalized spacial score (nSPS) is 37.5. The molecule has 90 valence electrons. The molecule has 0 bridgehead atoms. The fraction of sp³-hybridized carbons (Fsp3) is 0.846. The van der Waals surface area contributed by atoms with Crippen LogP contribution in [0.15, 0.2) is 12.3 Å². The van der Waals surface area contributed by atoms with Crippen molar-refractivity contribution in [2.75, 3.05) is 6.61 Å². The molecule has 3 nitrogen and oxygen atoms in total. The van der Waals surface area contributed by atoms with Gasteiger partial charge in [-0.25, -0.2) is 0 Å². The zero-order valence-corrected chi connectivity index (χ0v) is 9.69. The third kappa shape index (κ3) is 1.98. The summed E-state index contributed by atoms with van der Waals surface area (Å²) in [5.41, 5.74) is 0. The molecule has 2 fully saturated rings. The van der Waals surface area contributed by atoms with Gasteiger partial charge < -0.3 is 14.2 Å². The molecule has 0 N–H and O–H groups in total. The molecule has 0 unspecified atom stereocenters. The van der Waals surface area contributed by atoms with Gasteiger partial charge in [-0.1, -0.05) is 6.42 Å². The Hall–Kier alpha value is -0.540. The number of rotatable bonds is 1. The second-order valence-corrected chi connectivity index (χ2v) is 5.06. The molecule has 2 atom stereocenters. The molecule has 0 aromatic carbocycles. The highest BCUT2D eigenvalue weighted by atomic mass is 16.8. The van der Waals surface area contributed by atoms with E-state index in [4.69, 9.17) is 14.2 Å². The molecule has 0 radical (unpaired) electrons. The van der Waals surface area contributed by atoms with Gasteiger partial charge in [-0.15, -0.1) is 0 Å². The van der Waals surface area contributed by atoms with Crippen LogP contribution < -0.4 is 0 Å². The Morgan fingerprint density at radius 2 is 1.94 bits per heavy atom. The first-order valence-corrected chi connectivity index (χ1v) is 6.50. The summed E-state index contributed by atoms with van der Waals surface area (Å²) >= 11 is 0. The number of ether oxygens (including phenoxy) is 3. The molecular weight excluding hydrogens is 204 g/mol. The second kappa shape index (κ2) is 4.38. The van der Waals surface area contributed by atoms with Gasteiger partial charge in [-0.05, 0) is 31.8 Å². The van der Waals surface area contributed by atoms with Crippen molar-refractivity contribution in [1.29, 1.82) is 0 Å². The van der Waals surface area contributed by atoms with E-state index in [1.165, 1.54) is 19.3 Å². The molecule has 0 aromatic heterocycles. The quantitative estimate of drug-likeness (QED) is 0.685. The third-order valence-electron chi connectivity index (χ3n) is 3.87. The topological polar surface area (TPSA) is 27.7 Å². The van der Waals surface area contributed by atoms with Crippen LogP contribution in [0.2, 0.25) is 0 Å². The zero-order valence-electron chi connectivity index (χ0n) is 9.69. The van der Waals surface area contributed by atoms with Crippen LogP contribution in [0.4, 0.5) is 0 Å². The highest BCUT2D eigenvalue weighted by molar-refractivity contribution is 4.90. The molecule has 1 saturated carbocycles. The fourth-order valence-corrected chi connectivity index (χ4v) is 2.94. The molecular formula is C13H20O3. The molecule has 0 amide bonds. The van der Waals surface area contributed by atoms with E-state index in [1.807, 2.05) is 6.26 Å². The Kier molecular flexibility index (Phi) is 2.90. The minimum absolute atomic E-state index is 0.142. The lowest BCUT2D eigenvalue weighted by Crippen LogP contribution is -2.36. The van der Waals surface area contributed by atoms with E-state index < -0.39 is 0 Å². The predicted octanol–water partition coefficient (Wildman–Crippen LogP) is 2.75. The lowest BCUT2D eigenvalue weighted by atomic mass is 9.94. The van der Waals surface area contributed by atoms with E-state index in [0.29, 0.717) is 6.61 Å². The Bertz CT molecular complexity index is 268. The molecule has 1 aliphatic carbocycles. The van der Waals surface area contributed by atoms with Crippen LogP contribution in [-0.2, 0) is 14.2 Å². The summed E-state index contributed by atoms with van der Waals surface area (Å²) in [5, 5.41) is 0. The van der Waals surface area contributed by atoms with Gasteiger partial charge in [-0.3, -0.25) is 0 Å². The van der Waals surface area contributed by atoms with Gasteiger partial charge in [0.05, 0.1) is 12.9 Å². The van der Waals surface area contributed by atoms with Gasteiger partial charge in [0.15, 0.2) is 5.79 Å². The van der Waals surface area contributed by atoms with E-state index in [2.05, 4.69) is 6.08 Å². The summed E-state index contributed by atoms with van der Waals surface area (Å²) in [7, 11) is 0. The summed E-state index contributed by atoms with van der Waals surface area (Å²) in [6.45, 7) is 0.707. The van der Waals surface area contributed by atoms with Crippen LogP contribution in [-0.4, -0.2) is 24.6 Å². The molecule has 2 heterocycles. The minimum atomic E-state index is -0.257. The zero-order chi connectivity index (χ0) is 10.8. The fourth-order valence-electron chi connectivity index (χ4n) is 2.94. The smallest absolute Gasteiger partial charge is 0.169 e. The first-order valence-electron chi connectivity index (χ1n) is 6.50. The van der Waals surface area contributed by atoms with Crippen LogP contribution in [0, 0.1) is 0 Å². The highest BCUT2D eigenvalue weighted by Crippen LogP contribution is 2.39. The van der Waals surface area contributed by atoms with Gasteiger partial charge in [0.1, 0.15) is 12.2 Å². The lowest BCUT2D eigenvalue weighted by molar-refractivity contribution is -0.196. The monoisotopic (exact) mass is 224 g/mol. The van der Waals surface area contributed by atoms with Gasteiger partial charge >= 0.3 is 0 Å². The maximum atomic E-state index is 6.15. The Morgan fingerprint density at radius 3 is 2.69 bits per heavy atom. The second-order valence-electron chi connectivity index (χ2n) is 5.06. The lowest BCUT2D eigenvalue weighted by Gasteiger charge is -2.33. The van der Waals surface area contributed by atoms with E-state index in [0.717, 1.165) is 25.7 Å². The molecule has 1 spiro atoms. The minimum Gasteiger partial charge on any atom is -0.496 e. The molecule has 1 saturated heterocycles. The summed E-state index contributed by atoms with van der Waals surface area (Å²) in [6.07, 6.45) is 12.3. The average molecular weight is 224 g/mol.